The molecule has 0 saturated carbocycles. The minimum absolute atomic E-state index is 0.298. The van der Waals surface area contributed by atoms with E-state index in [-0.39, 0.29) is 5.69 Å². The lowest BCUT2D eigenvalue weighted by molar-refractivity contribution is -0.140. The van der Waals surface area contributed by atoms with Crippen LogP contribution in [0.2, 0.25) is 0 Å². The lowest BCUT2D eigenvalue weighted by Gasteiger charge is -2.10. The molecule has 17 heavy (non-hydrogen) atoms. The smallest absolute Gasteiger partial charge is 0.406 e. The minimum atomic E-state index is -4.45. The van der Waals surface area contributed by atoms with Gasteiger partial charge in [0.05, 0.1) is 0 Å². The van der Waals surface area contributed by atoms with E-state index in [1.165, 1.54) is 6.07 Å². The molecule has 0 aliphatic carbocycles. The highest BCUT2D eigenvalue weighted by Gasteiger charge is 2.31. The molecule has 2 rings (SSSR count). The van der Waals surface area contributed by atoms with Gasteiger partial charge in [-0.15, -0.1) is 11.3 Å². The first-order valence-electron chi connectivity index (χ1n) is 4.36. The number of alkyl halides is 3. The van der Waals surface area contributed by atoms with Gasteiger partial charge >= 0.3 is 12.1 Å². The van der Waals surface area contributed by atoms with Crippen molar-refractivity contribution in [1.82, 2.24) is 4.57 Å². The van der Waals surface area contributed by atoms with Crippen LogP contribution in [-0.2, 0) is 6.54 Å². The molecular weight excluding hydrogens is 323 g/mol. The lowest BCUT2D eigenvalue weighted by atomic mass is 10.3. The highest BCUT2D eigenvalue weighted by molar-refractivity contribution is 9.10. The maximum Gasteiger partial charge on any atom is 0.406 e. The number of hydrogen-bond acceptors (Lipinski definition) is 2. The van der Waals surface area contributed by atoms with Gasteiger partial charge in [-0.25, -0.2) is 4.79 Å². The highest BCUT2D eigenvalue weighted by atomic mass is 79.9. The summed E-state index contributed by atoms with van der Waals surface area (Å²) in [5.41, 5.74) is -0.357. The Labute approximate surface area is 106 Å². The van der Waals surface area contributed by atoms with Crippen LogP contribution in [0.4, 0.5) is 13.2 Å². The summed E-state index contributed by atoms with van der Waals surface area (Å²) in [5.74, 6) is -1.37. The maximum absolute atomic E-state index is 12.4. The molecule has 2 aromatic rings. The highest BCUT2D eigenvalue weighted by Crippen LogP contribution is 2.34. The minimum Gasteiger partial charge on any atom is -0.477 e. The molecule has 8 heteroatoms. The van der Waals surface area contributed by atoms with Gasteiger partial charge in [-0.2, -0.15) is 13.2 Å². The molecule has 1 N–H and O–H groups in total. The first-order chi connectivity index (χ1) is 7.79. The van der Waals surface area contributed by atoms with E-state index >= 15 is 0 Å². The van der Waals surface area contributed by atoms with Crippen molar-refractivity contribution in [1.29, 1.82) is 0 Å². The fourth-order valence-electron chi connectivity index (χ4n) is 1.51. The Kier molecular flexibility index (Phi) is 2.94. The van der Waals surface area contributed by atoms with Crippen molar-refractivity contribution in [2.75, 3.05) is 0 Å². The number of fused-ring (bicyclic) bond motifs is 1. The lowest BCUT2D eigenvalue weighted by Crippen LogP contribution is -2.20. The van der Waals surface area contributed by atoms with Crippen molar-refractivity contribution in [3.63, 3.8) is 0 Å². The molecule has 0 aromatic carbocycles. The van der Waals surface area contributed by atoms with Gasteiger partial charge in [0.25, 0.3) is 0 Å². The largest absolute Gasteiger partial charge is 0.477 e. The normalized spacial score (nSPS) is 12.2. The van der Waals surface area contributed by atoms with Crippen LogP contribution in [0.15, 0.2) is 15.9 Å². The SMILES string of the molecule is O=C(O)c1cc2c(Br)csc2n1CC(F)(F)F. The zero-order valence-electron chi connectivity index (χ0n) is 8.08. The number of halogens is 4. The molecule has 0 atom stereocenters. The Hall–Kier alpha value is -1.02. The fraction of sp³-hybridized carbons (Fsp3) is 0.222. The zero-order valence-corrected chi connectivity index (χ0v) is 10.5. The van der Waals surface area contributed by atoms with Crippen LogP contribution in [0.5, 0.6) is 0 Å². The van der Waals surface area contributed by atoms with Crippen LogP contribution in [0, 0.1) is 0 Å². The molecular formula is C9H5BrF3NO2S. The van der Waals surface area contributed by atoms with Gasteiger partial charge in [-0.1, -0.05) is 0 Å². The monoisotopic (exact) mass is 327 g/mol. The topological polar surface area (TPSA) is 42.2 Å². The second-order valence-electron chi connectivity index (χ2n) is 3.34. The summed E-state index contributed by atoms with van der Waals surface area (Å²) in [6.45, 7) is -1.30. The number of thiophene rings is 1. The fourth-order valence-corrected chi connectivity index (χ4v) is 3.16. The van der Waals surface area contributed by atoms with Gasteiger partial charge in [0, 0.05) is 15.2 Å². The summed E-state index contributed by atoms with van der Waals surface area (Å²) in [7, 11) is 0. The molecule has 0 radical (unpaired) electrons. The predicted molar refractivity (Wildman–Crippen MR) is 60.5 cm³/mol. The molecule has 92 valence electrons. The first-order valence-corrected chi connectivity index (χ1v) is 6.03. The molecule has 0 spiro atoms. The first kappa shape index (κ1) is 12.4. The second kappa shape index (κ2) is 4.02. The van der Waals surface area contributed by atoms with E-state index in [1.807, 2.05) is 0 Å². The Bertz CT molecular complexity index is 587. The predicted octanol–water partition coefficient (Wildman–Crippen LogP) is 3.73. The third kappa shape index (κ3) is 2.32. The summed E-state index contributed by atoms with van der Waals surface area (Å²) in [6.07, 6.45) is -4.45. The summed E-state index contributed by atoms with van der Waals surface area (Å²) in [5, 5.41) is 11.0. The maximum atomic E-state index is 12.4. The Morgan fingerprint density at radius 3 is 2.71 bits per heavy atom. The van der Waals surface area contributed by atoms with Crippen LogP contribution >= 0.6 is 27.3 Å². The number of carbonyl (C=O) groups is 1. The molecule has 2 heterocycles. The van der Waals surface area contributed by atoms with E-state index < -0.39 is 18.7 Å². The van der Waals surface area contributed by atoms with Gasteiger partial charge in [0.15, 0.2) is 0 Å². The number of hydrogen-bond donors (Lipinski definition) is 1. The molecule has 3 nitrogen and oxygen atoms in total. The molecule has 0 amide bonds. The third-order valence-electron chi connectivity index (χ3n) is 2.14. The molecule has 0 unspecified atom stereocenters. The van der Waals surface area contributed by atoms with E-state index in [4.69, 9.17) is 5.11 Å². The van der Waals surface area contributed by atoms with Crippen molar-refractivity contribution in [2.24, 2.45) is 0 Å². The average Bonchev–Trinajstić information content (AvgIpc) is 2.67. The number of aromatic carboxylic acids is 1. The van der Waals surface area contributed by atoms with Crippen molar-refractivity contribution < 1.29 is 23.1 Å². The van der Waals surface area contributed by atoms with E-state index in [0.717, 1.165) is 15.9 Å². The number of rotatable bonds is 2. The van der Waals surface area contributed by atoms with Crippen molar-refractivity contribution in [3.8, 4) is 0 Å². The van der Waals surface area contributed by atoms with Crippen LogP contribution in [0.25, 0.3) is 10.2 Å². The van der Waals surface area contributed by atoms with Crippen molar-refractivity contribution in [2.45, 2.75) is 12.7 Å². The molecule has 0 aliphatic rings. The third-order valence-corrected chi connectivity index (χ3v) is 4.11. The van der Waals surface area contributed by atoms with E-state index in [2.05, 4.69) is 15.9 Å². The van der Waals surface area contributed by atoms with Crippen LogP contribution < -0.4 is 0 Å². The van der Waals surface area contributed by atoms with Crippen molar-refractivity contribution >= 4 is 43.5 Å². The van der Waals surface area contributed by atoms with Gasteiger partial charge in [0.1, 0.15) is 17.1 Å². The molecule has 0 fully saturated rings. The second-order valence-corrected chi connectivity index (χ2v) is 5.05. The van der Waals surface area contributed by atoms with Gasteiger partial charge in [-0.05, 0) is 22.0 Å². The standard InChI is InChI=1S/C9H5BrF3NO2S/c10-5-2-17-7-4(5)1-6(8(15)16)14(7)3-9(11,12)13/h1-2H,3H2,(H,15,16). The Morgan fingerprint density at radius 2 is 2.18 bits per heavy atom. The zero-order chi connectivity index (χ0) is 12.8. The van der Waals surface area contributed by atoms with Crippen LogP contribution in [0.1, 0.15) is 10.5 Å². The number of aromatic nitrogens is 1. The molecule has 0 bridgehead atoms. The summed E-state index contributed by atoms with van der Waals surface area (Å²) in [4.78, 5) is 11.2. The number of carboxylic acids is 1. The summed E-state index contributed by atoms with van der Waals surface area (Å²) < 4.78 is 38.5. The van der Waals surface area contributed by atoms with Gasteiger partial charge < -0.3 is 9.67 Å². The van der Waals surface area contributed by atoms with Gasteiger partial charge in [-0.3, -0.25) is 0 Å². The van der Waals surface area contributed by atoms with E-state index in [9.17, 15) is 18.0 Å². The van der Waals surface area contributed by atoms with Gasteiger partial charge in [0.2, 0.25) is 0 Å². The summed E-state index contributed by atoms with van der Waals surface area (Å²) in [6, 6.07) is 1.24. The number of carboxylic acid groups (broad SMARTS) is 1. The Balaban J connectivity index is 2.64. The van der Waals surface area contributed by atoms with Crippen LogP contribution in [0.3, 0.4) is 0 Å². The molecule has 0 aliphatic heterocycles. The van der Waals surface area contributed by atoms with Crippen LogP contribution in [-0.4, -0.2) is 21.8 Å². The Morgan fingerprint density at radius 1 is 1.53 bits per heavy atom. The quantitative estimate of drug-likeness (QED) is 0.913. The average molecular weight is 328 g/mol. The molecule has 0 saturated heterocycles. The van der Waals surface area contributed by atoms with E-state index in [1.54, 1.807) is 5.38 Å². The van der Waals surface area contributed by atoms with Crippen molar-refractivity contribution in [3.05, 3.63) is 21.6 Å². The van der Waals surface area contributed by atoms with E-state index in [0.29, 0.717) is 14.7 Å². The molecule has 2 aromatic heterocycles. The summed E-state index contributed by atoms with van der Waals surface area (Å²) >= 11 is 4.24. The number of nitrogens with zero attached hydrogens (tertiary/aromatic N) is 1.